The molecular formula is C20H16N4O4. The summed E-state index contributed by atoms with van der Waals surface area (Å²) in [6.07, 6.45) is 1.35. The number of benzene rings is 2. The zero-order valence-electron chi connectivity index (χ0n) is 14.9. The molecule has 1 aliphatic rings. The van der Waals surface area contributed by atoms with Gasteiger partial charge in [0.1, 0.15) is 17.2 Å². The van der Waals surface area contributed by atoms with Crippen molar-refractivity contribution in [3.63, 3.8) is 0 Å². The Bertz CT molecular complexity index is 1250. The molecule has 1 aliphatic heterocycles. The van der Waals surface area contributed by atoms with E-state index < -0.39 is 6.09 Å². The molecule has 0 fully saturated rings. The fourth-order valence-electron chi connectivity index (χ4n) is 3.34. The molecular weight excluding hydrogens is 360 g/mol. The Labute approximate surface area is 159 Å². The van der Waals surface area contributed by atoms with E-state index in [0.717, 1.165) is 16.3 Å². The molecule has 0 atom stereocenters. The third kappa shape index (κ3) is 2.46. The summed E-state index contributed by atoms with van der Waals surface area (Å²) in [7, 11) is 1.32. The van der Waals surface area contributed by atoms with Crippen molar-refractivity contribution in [3.8, 4) is 22.8 Å². The van der Waals surface area contributed by atoms with Gasteiger partial charge in [0.25, 0.3) is 0 Å². The summed E-state index contributed by atoms with van der Waals surface area (Å²) in [4.78, 5) is 16.3. The Morgan fingerprint density at radius 1 is 1.18 bits per heavy atom. The second-order valence-corrected chi connectivity index (χ2v) is 6.34. The molecule has 4 aromatic rings. The SMILES string of the molecule is COC(=O)Nc1ccc2ccn3c(N)c(-c4ccc5c(c4)OCO5)nc3c2c1. The van der Waals surface area contributed by atoms with Gasteiger partial charge in [-0.25, -0.2) is 9.78 Å². The summed E-state index contributed by atoms with van der Waals surface area (Å²) in [6, 6.07) is 13.1. The first-order valence-electron chi connectivity index (χ1n) is 8.59. The molecule has 3 N–H and O–H groups in total. The number of anilines is 2. The molecule has 1 amide bonds. The lowest BCUT2D eigenvalue weighted by Crippen LogP contribution is -2.10. The average Bonchev–Trinajstić information content (AvgIpc) is 3.31. The number of methoxy groups -OCH3 is 1. The summed E-state index contributed by atoms with van der Waals surface area (Å²) in [6.45, 7) is 0.208. The molecule has 0 saturated heterocycles. The van der Waals surface area contributed by atoms with Gasteiger partial charge >= 0.3 is 6.09 Å². The number of aromatic nitrogens is 2. The molecule has 0 unspecified atom stereocenters. The van der Waals surface area contributed by atoms with Crippen molar-refractivity contribution in [2.75, 3.05) is 25.0 Å². The number of nitrogens with two attached hydrogens (primary N) is 1. The average molecular weight is 376 g/mol. The van der Waals surface area contributed by atoms with E-state index in [-0.39, 0.29) is 6.79 Å². The van der Waals surface area contributed by atoms with E-state index in [0.29, 0.717) is 34.3 Å². The van der Waals surface area contributed by atoms with Crippen molar-refractivity contribution >= 4 is 34.0 Å². The van der Waals surface area contributed by atoms with Crippen LogP contribution < -0.4 is 20.5 Å². The van der Waals surface area contributed by atoms with E-state index in [1.54, 1.807) is 6.07 Å². The minimum absolute atomic E-state index is 0.208. The van der Waals surface area contributed by atoms with Crippen LogP contribution in [0.25, 0.3) is 27.7 Å². The third-order valence-electron chi connectivity index (χ3n) is 4.72. The van der Waals surface area contributed by atoms with Gasteiger partial charge in [-0.2, -0.15) is 0 Å². The zero-order chi connectivity index (χ0) is 19.3. The van der Waals surface area contributed by atoms with Crippen molar-refractivity contribution in [2.45, 2.75) is 0 Å². The number of ether oxygens (including phenoxy) is 3. The smallest absolute Gasteiger partial charge is 0.411 e. The molecule has 0 aliphatic carbocycles. The Hall–Kier alpha value is -3.94. The van der Waals surface area contributed by atoms with E-state index in [1.165, 1.54) is 7.11 Å². The maximum atomic E-state index is 11.5. The summed E-state index contributed by atoms with van der Waals surface area (Å²) in [5, 5.41) is 4.50. The van der Waals surface area contributed by atoms with Gasteiger partial charge in [0, 0.05) is 22.8 Å². The van der Waals surface area contributed by atoms with Crippen LogP contribution in [0.15, 0.2) is 48.7 Å². The number of carbonyl (C=O) groups is 1. The molecule has 0 radical (unpaired) electrons. The highest BCUT2D eigenvalue weighted by molar-refractivity contribution is 5.99. The quantitative estimate of drug-likeness (QED) is 0.554. The van der Waals surface area contributed by atoms with Gasteiger partial charge in [0.05, 0.1) is 7.11 Å². The van der Waals surface area contributed by atoms with E-state index >= 15 is 0 Å². The van der Waals surface area contributed by atoms with Crippen molar-refractivity contribution in [3.05, 3.63) is 48.7 Å². The van der Waals surface area contributed by atoms with Crippen LogP contribution in [-0.4, -0.2) is 29.4 Å². The highest BCUT2D eigenvalue weighted by Crippen LogP contribution is 2.38. The van der Waals surface area contributed by atoms with Gasteiger partial charge in [0.2, 0.25) is 6.79 Å². The highest BCUT2D eigenvalue weighted by Gasteiger charge is 2.18. The Morgan fingerprint density at radius 3 is 2.89 bits per heavy atom. The first-order valence-corrected chi connectivity index (χ1v) is 8.59. The Kier molecular flexibility index (Phi) is 3.51. The maximum Gasteiger partial charge on any atom is 0.411 e. The molecule has 2 aromatic carbocycles. The summed E-state index contributed by atoms with van der Waals surface area (Å²) < 4.78 is 17.3. The van der Waals surface area contributed by atoms with E-state index in [4.69, 9.17) is 20.2 Å². The normalized spacial score (nSPS) is 12.5. The Balaban J connectivity index is 1.68. The zero-order valence-corrected chi connectivity index (χ0v) is 14.9. The molecule has 0 spiro atoms. The molecule has 2 aromatic heterocycles. The number of rotatable bonds is 2. The number of pyridine rings is 1. The van der Waals surface area contributed by atoms with Crippen LogP contribution in [0.2, 0.25) is 0 Å². The predicted molar refractivity (Wildman–Crippen MR) is 105 cm³/mol. The maximum absolute atomic E-state index is 11.5. The van der Waals surface area contributed by atoms with Crippen molar-refractivity contribution in [2.24, 2.45) is 0 Å². The lowest BCUT2D eigenvalue weighted by atomic mass is 10.1. The van der Waals surface area contributed by atoms with Crippen LogP contribution in [0.3, 0.4) is 0 Å². The number of imidazole rings is 1. The van der Waals surface area contributed by atoms with Gasteiger partial charge in [-0.05, 0) is 41.8 Å². The van der Waals surface area contributed by atoms with Crippen LogP contribution in [0.5, 0.6) is 11.5 Å². The van der Waals surface area contributed by atoms with Crippen LogP contribution in [0.1, 0.15) is 0 Å². The van der Waals surface area contributed by atoms with Crippen molar-refractivity contribution in [1.29, 1.82) is 0 Å². The van der Waals surface area contributed by atoms with Crippen molar-refractivity contribution < 1.29 is 19.0 Å². The number of hydrogen-bond donors (Lipinski definition) is 2. The van der Waals surface area contributed by atoms with E-state index in [2.05, 4.69) is 10.1 Å². The van der Waals surface area contributed by atoms with Gasteiger partial charge in [-0.3, -0.25) is 9.72 Å². The Morgan fingerprint density at radius 2 is 2.04 bits per heavy atom. The van der Waals surface area contributed by atoms with Gasteiger partial charge < -0.3 is 19.9 Å². The van der Waals surface area contributed by atoms with Gasteiger partial charge in [-0.1, -0.05) is 6.07 Å². The molecule has 8 heteroatoms. The fourth-order valence-corrected chi connectivity index (χ4v) is 3.34. The van der Waals surface area contributed by atoms with Crippen LogP contribution >= 0.6 is 0 Å². The number of nitrogens with one attached hydrogen (secondary N) is 1. The molecule has 28 heavy (non-hydrogen) atoms. The van der Waals surface area contributed by atoms with E-state index in [9.17, 15) is 4.79 Å². The number of nitrogen functional groups attached to an aromatic ring is 1. The van der Waals surface area contributed by atoms with E-state index in [1.807, 2.05) is 47.0 Å². The van der Waals surface area contributed by atoms with Crippen LogP contribution in [-0.2, 0) is 4.74 Å². The molecule has 0 saturated carbocycles. The number of nitrogens with zero attached hydrogens (tertiary/aromatic N) is 2. The molecule has 0 bridgehead atoms. The summed E-state index contributed by atoms with van der Waals surface area (Å²) in [5.74, 6) is 1.89. The highest BCUT2D eigenvalue weighted by atomic mass is 16.7. The minimum atomic E-state index is -0.532. The second-order valence-electron chi connectivity index (χ2n) is 6.34. The predicted octanol–water partition coefficient (Wildman–Crippen LogP) is 3.64. The number of carbonyl (C=O) groups excluding carboxylic acids is 1. The standard InChI is InChI=1S/C20H16N4O4/c1-26-20(25)22-13-4-2-11-6-7-24-18(21)17(23-19(24)14(11)9-13)12-3-5-15-16(8-12)28-10-27-15/h2-9H,10,21H2,1H3,(H,22,25). The van der Waals surface area contributed by atoms with Crippen LogP contribution in [0.4, 0.5) is 16.3 Å². The topological polar surface area (TPSA) is 100 Å². The molecule has 140 valence electrons. The number of hydrogen-bond acceptors (Lipinski definition) is 6. The lowest BCUT2D eigenvalue weighted by Gasteiger charge is -2.06. The molecule has 8 nitrogen and oxygen atoms in total. The molecule has 5 rings (SSSR count). The third-order valence-corrected chi connectivity index (χ3v) is 4.72. The monoisotopic (exact) mass is 376 g/mol. The van der Waals surface area contributed by atoms with Gasteiger partial charge in [0.15, 0.2) is 11.5 Å². The van der Waals surface area contributed by atoms with Crippen LogP contribution in [0, 0.1) is 0 Å². The summed E-state index contributed by atoms with van der Waals surface area (Å²) in [5.41, 5.74) is 9.17. The second kappa shape index (κ2) is 6.05. The summed E-state index contributed by atoms with van der Waals surface area (Å²) >= 11 is 0. The first-order chi connectivity index (χ1) is 13.6. The van der Waals surface area contributed by atoms with Gasteiger partial charge in [-0.15, -0.1) is 0 Å². The minimum Gasteiger partial charge on any atom is -0.454 e. The number of amides is 1. The number of fused-ring (bicyclic) bond motifs is 4. The fraction of sp³-hybridized carbons (Fsp3) is 0.100. The molecule has 3 heterocycles. The largest absolute Gasteiger partial charge is 0.454 e. The lowest BCUT2D eigenvalue weighted by molar-refractivity contribution is 0.174. The van der Waals surface area contributed by atoms with Crippen molar-refractivity contribution in [1.82, 2.24) is 9.38 Å². The first kappa shape index (κ1) is 16.2.